The van der Waals surface area contributed by atoms with Gasteiger partial charge in [0.1, 0.15) is 5.82 Å². The van der Waals surface area contributed by atoms with Crippen LogP contribution in [0.2, 0.25) is 0 Å². The topological polar surface area (TPSA) is 65.1 Å². The molecule has 1 aromatic heterocycles. The highest BCUT2D eigenvalue weighted by atomic mass is 19.1. The number of benzene rings is 1. The molecule has 0 aliphatic rings. The number of nitro groups is 1. The zero-order chi connectivity index (χ0) is 12.4. The minimum atomic E-state index is -0.635. The molecule has 0 saturated heterocycles. The van der Waals surface area contributed by atoms with Gasteiger partial charge in [-0.25, -0.2) is 4.39 Å². The van der Waals surface area contributed by atoms with Crippen LogP contribution in [0.1, 0.15) is 10.5 Å². The van der Waals surface area contributed by atoms with Gasteiger partial charge in [0.15, 0.2) is 6.29 Å². The summed E-state index contributed by atoms with van der Waals surface area (Å²) in [6.07, 6.45) is 1.56. The minimum Gasteiger partial charge on any atom is -0.304 e. The summed E-state index contributed by atoms with van der Waals surface area (Å²) in [7, 11) is 0. The monoisotopic (exact) mass is 234 g/mol. The molecule has 1 aromatic carbocycles. The molecule has 6 heteroatoms. The van der Waals surface area contributed by atoms with Gasteiger partial charge in [0.05, 0.1) is 22.5 Å². The molecule has 0 aliphatic heterocycles. The predicted molar refractivity (Wildman–Crippen MR) is 57.8 cm³/mol. The lowest BCUT2D eigenvalue weighted by Crippen LogP contribution is -1.99. The van der Waals surface area contributed by atoms with Crippen LogP contribution in [0.25, 0.3) is 5.69 Å². The van der Waals surface area contributed by atoms with E-state index in [1.165, 1.54) is 18.2 Å². The van der Waals surface area contributed by atoms with Crippen molar-refractivity contribution >= 4 is 12.0 Å². The average Bonchev–Trinajstić information content (AvgIpc) is 2.73. The molecule has 0 atom stereocenters. The fourth-order valence-electron chi connectivity index (χ4n) is 1.51. The lowest BCUT2D eigenvalue weighted by molar-refractivity contribution is -0.384. The lowest BCUT2D eigenvalue weighted by atomic mass is 10.3. The first-order valence-electron chi connectivity index (χ1n) is 4.70. The van der Waals surface area contributed by atoms with Crippen LogP contribution in [-0.2, 0) is 0 Å². The molecule has 0 radical (unpaired) electrons. The van der Waals surface area contributed by atoms with E-state index in [0.29, 0.717) is 6.29 Å². The third-order valence-corrected chi connectivity index (χ3v) is 2.28. The van der Waals surface area contributed by atoms with Gasteiger partial charge in [-0.1, -0.05) is 12.1 Å². The van der Waals surface area contributed by atoms with Gasteiger partial charge in [0.25, 0.3) is 5.69 Å². The SMILES string of the molecule is O=Cc1cc([N+](=O)[O-])cn1-c1ccccc1F. The zero-order valence-electron chi connectivity index (χ0n) is 8.54. The molecule has 17 heavy (non-hydrogen) atoms. The Morgan fingerprint density at radius 2 is 2.06 bits per heavy atom. The van der Waals surface area contributed by atoms with E-state index >= 15 is 0 Å². The van der Waals surface area contributed by atoms with Crippen LogP contribution < -0.4 is 0 Å². The molecule has 1 heterocycles. The van der Waals surface area contributed by atoms with E-state index in [4.69, 9.17) is 0 Å². The van der Waals surface area contributed by atoms with Gasteiger partial charge >= 0.3 is 0 Å². The van der Waals surface area contributed by atoms with Crippen LogP contribution >= 0.6 is 0 Å². The van der Waals surface area contributed by atoms with Gasteiger partial charge in [0.2, 0.25) is 0 Å². The van der Waals surface area contributed by atoms with Gasteiger partial charge in [0, 0.05) is 6.07 Å². The quantitative estimate of drug-likeness (QED) is 0.465. The molecular weight excluding hydrogens is 227 g/mol. The highest BCUT2D eigenvalue weighted by molar-refractivity contribution is 5.75. The van der Waals surface area contributed by atoms with Crippen LogP contribution in [-0.4, -0.2) is 15.8 Å². The van der Waals surface area contributed by atoms with Crippen molar-refractivity contribution in [1.82, 2.24) is 4.57 Å². The first kappa shape index (κ1) is 11.0. The van der Waals surface area contributed by atoms with Crippen LogP contribution in [0.15, 0.2) is 36.5 Å². The molecular formula is C11H7FN2O3. The van der Waals surface area contributed by atoms with Crippen LogP contribution in [0.4, 0.5) is 10.1 Å². The van der Waals surface area contributed by atoms with Gasteiger partial charge in [-0.15, -0.1) is 0 Å². The fourth-order valence-corrected chi connectivity index (χ4v) is 1.51. The van der Waals surface area contributed by atoms with Crippen molar-refractivity contribution < 1.29 is 14.1 Å². The van der Waals surface area contributed by atoms with Gasteiger partial charge < -0.3 is 4.57 Å². The number of rotatable bonds is 3. The molecule has 0 saturated carbocycles. The molecule has 2 aromatic rings. The minimum absolute atomic E-state index is 0.0294. The first-order valence-corrected chi connectivity index (χ1v) is 4.70. The Balaban J connectivity index is 2.63. The molecule has 2 rings (SSSR count). The number of halogens is 1. The average molecular weight is 234 g/mol. The number of para-hydroxylation sites is 1. The summed E-state index contributed by atoms with van der Waals surface area (Å²) in [6.45, 7) is 0. The number of nitrogens with zero attached hydrogens (tertiary/aromatic N) is 2. The van der Waals surface area contributed by atoms with Crippen LogP contribution in [0.3, 0.4) is 0 Å². The van der Waals surface area contributed by atoms with Gasteiger partial charge in [-0.2, -0.15) is 0 Å². The summed E-state index contributed by atoms with van der Waals surface area (Å²) in [5.74, 6) is -0.555. The van der Waals surface area contributed by atoms with Crippen molar-refractivity contribution in [2.24, 2.45) is 0 Å². The number of carbonyl (C=O) groups excluding carboxylic acids is 1. The van der Waals surface area contributed by atoms with E-state index in [0.717, 1.165) is 16.8 Å². The highest BCUT2D eigenvalue weighted by Gasteiger charge is 2.16. The summed E-state index contributed by atoms with van der Waals surface area (Å²) in [5, 5.41) is 10.6. The molecule has 0 bridgehead atoms. The van der Waals surface area contributed by atoms with Crippen molar-refractivity contribution in [2.75, 3.05) is 0 Å². The van der Waals surface area contributed by atoms with E-state index in [1.54, 1.807) is 6.07 Å². The third kappa shape index (κ3) is 1.92. The molecule has 0 fully saturated rings. The van der Waals surface area contributed by atoms with E-state index in [1.807, 2.05) is 0 Å². The van der Waals surface area contributed by atoms with E-state index < -0.39 is 10.7 Å². The third-order valence-electron chi connectivity index (χ3n) is 2.28. The van der Waals surface area contributed by atoms with E-state index in [-0.39, 0.29) is 17.1 Å². The van der Waals surface area contributed by atoms with Gasteiger partial charge in [-0.3, -0.25) is 14.9 Å². The molecule has 0 unspecified atom stereocenters. The Morgan fingerprint density at radius 3 is 2.65 bits per heavy atom. The molecule has 0 N–H and O–H groups in total. The summed E-state index contributed by atoms with van der Waals surface area (Å²) in [4.78, 5) is 20.7. The lowest BCUT2D eigenvalue weighted by Gasteiger charge is -2.04. The summed E-state index contributed by atoms with van der Waals surface area (Å²) in [5.41, 5.74) is -0.125. The molecule has 0 aliphatic carbocycles. The summed E-state index contributed by atoms with van der Waals surface area (Å²) >= 11 is 0. The van der Waals surface area contributed by atoms with Crippen molar-refractivity contribution in [1.29, 1.82) is 0 Å². The van der Waals surface area contributed by atoms with Crippen LogP contribution in [0, 0.1) is 15.9 Å². The maximum absolute atomic E-state index is 13.5. The maximum Gasteiger partial charge on any atom is 0.288 e. The van der Waals surface area contributed by atoms with Crippen LogP contribution in [0.5, 0.6) is 0 Å². The zero-order valence-corrected chi connectivity index (χ0v) is 8.54. The number of hydrogen-bond acceptors (Lipinski definition) is 3. The van der Waals surface area contributed by atoms with E-state index in [2.05, 4.69) is 0 Å². The second-order valence-electron chi connectivity index (χ2n) is 3.32. The molecule has 0 amide bonds. The molecule has 5 nitrogen and oxygen atoms in total. The van der Waals surface area contributed by atoms with Crippen molar-refractivity contribution in [3.63, 3.8) is 0 Å². The normalized spacial score (nSPS) is 10.2. The smallest absolute Gasteiger partial charge is 0.288 e. The summed E-state index contributed by atoms with van der Waals surface area (Å²) in [6, 6.07) is 6.83. The Bertz CT molecular complexity index is 592. The Morgan fingerprint density at radius 1 is 1.35 bits per heavy atom. The fraction of sp³-hybridized carbons (Fsp3) is 0. The molecule has 0 spiro atoms. The van der Waals surface area contributed by atoms with Crippen molar-refractivity contribution in [3.8, 4) is 5.69 Å². The Hall–Kier alpha value is -2.50. The number of aromatic nitrogens is 1. The Labute approximate surface area is 95.3 Å². The number of carbonyl (C=O) groups is 1. The molecule has 86 valence electrons. The standard InChI is InChI=1S/C11H7FN2O3/c12-10-3-1-2-4-11(10)13-6-8(14(16)17)5-9(13)7-15/h1-7H. The van der Waals surface area contributed by atoms with E-state index in [9.17, 15) is 19.3 Å². The second kappa shape index (κ2) is 4.17. The largest absolute Gasteiger partial charge is 0.304 e. The number of aldehydes is 1. The van der Waals surface area contributed by atoms with Crippen molar-refractivity contribution in [2.45, 2.75) is 0 Å². The van der Waals surface area contributed by atoms with Gasteiger partial charge in [-0.05, 0) is 12.1 Å². The second-order valence-corrected chi connectivity index (χ2v) is 3.32. The number of hydrogen-bond donors (Lipinski definition) is 0. The summed E-state index contributed by atoms with van der Waals surface area (Å²) < 4.78 is 14.6. The first-order chi connectivity index (χ1) is 8.13. The highest BCUT2D eigenvalue weighted by Crippen LogP contribution is 2.21. The predicted octanol–water partition coefficient (Wildman–Crippen LogP) is 2.34. The van der Waals surface area contributed by atoms with Crippen molar-refractivity contribution in [3.05, 3.63) is 58.2 Å². The Kier molecular flexibility index (Phi) is 2.70. The maximum atomic E-state index is 13.5.